The Bertz CT molecular complexity index is 861. The van der Waals surface area contributed by atoms with Crippen LogP contribution in [0.4, 0.5) is 5.95 Å². The molecule has 2 atom stereocenters. The summed E-state index contributed by atoms with van der Waals surface area (Å²) in [6.45, 7) is 2.60. The SMILES string of the molecule is CCOc1ccc(-n2nnc3cnc(NC4CCC(N)C4)nc32)cc1. The lowest BCUT2D eigenvalue weighted by atomic mass is 10.2. The molecule has 1 aliphatic carbocycles. The Balaban J connectivity index is 1.62. The fourth-order valence-corrected chi connectivity index (χ4v) is 3.15. The second-order valence-electron chi connectivity index (χ2n) is 6.25. The first-order chi connectivity index (χ1) is 12.2. The third kappa shape index (κ3) is 3.25. The van der Waals surface area contributed by atoms with Crippen LogP contribution >= 0.6 is 0 Å². The molecule has 2 heterocycles. The maximum absolute atomic E-state index is 5.97. The predicted octanol–water partition coefficient (Wildman–Crippen LogP) is 1.90. The van der Waals surface area contributed by atoms with Gasteiger partial charge in [-0.15, -0.1) is 5.10 Å². The van der Waals surface area contributed by atoms with Gasteiger partial charge < -0.3 is 15.8 Å². The Morgan fingerprint density at radius 1 is 1.28 bits per heavy atom. The van der Waals surface area contributed by atoms with Crippen molar-refractivity contribution in [2.75, 3.05) is 11.9 Å². The highest BCUT2D eigenvalue weighted by molar-refractivity contribution is 5.72. The van der Waals surface area contributed by atoms with E-state index in [2.05, 4.69) is 25.6 Å². The average molecular weight is 339 g/mol. The first-order valence-corrected chi connectivity index (χ1v) is 8.56. The van der Waals surface area contributed by atoms with Crippen LogP contribution in [0.1, 0.15) is 26.2 Å². The van der Waals surface area contributed by atoms with Crippen LogP contribution < -0.4 is 15.8 Å². The summed E-state index contributed by atoms with van der Waals surface area (Å²) < 4.78 is 7.18. The molecule has 0 bridgehead atoms. The summed E-state index contributed by atoms with van der Waals surface area (Å²) in [6, 6.07) is 8.27. The average Bonchev–Trinajstić information content (AvgIpc) is 3.22. The largest absolute Gasteiger partial charge is 0.494 e. The van der Waals surface area contributed by atoms with Crippen LogP contribution in [0.15, 0.2) is 30.5 Å². The third-order valence-corrected chi connectivity index (χ3v) is 4.39. The van der Waals surface area contributed by atoms with Crippen LogP contribution in [-0.4, -0.2) is 43.7 Å². The molecule has 8 heteroatoms. The van der Waals surface area contributed by atoms with Crippen molar-refractivity contribution in [3.05, 3.63) is 30.5 Å². The molecule has 3 N–H and O–H groups in total. The molecule has 3 aromatic rings. The zero-order valence-corrected chi connectivity index (χ0v) is 14.1. The number of nitrogens with one attached hydrogen (secondary N) is 1. The number of nitrogens with two attached hydrogens (primary N) is 1. The van der Waals surface area contributed by atoms with Gasteiger partial charge in [-0.3, -0.25) is 0 Å². The van der Waals surface area contributed by atoms with Crippen molar-refractivity contribution >= 4 is 17.1 Å². The van der Waals surface area contributed by atoms with Crippen molar-refractivity contribution in [2.45, 2.75) is 38.3 Å². The van der Waals surface area contributed by atoms with Crippen molar-refractivity contribution in [2.24, 2.45) is 5.73 Å². The van der Waals surface area contributed by atoms with Crippen LogP contribution in [0.5, 0.6) is 5.75 Å². The Morgan fingerprint density at radius 3 is 2.84 bits per heavy atom. The van der Waals surface area contributed by atoms with Crippen molar-refractivity contribution in [1.82, 2.24) is 25.0 Å². The van der Waals surface area contributed by atoms with Gasteiger partial charge in [0.15, 0.2) is 11.2 Å². The van der Waals surface area contributed by atoms with Crippen LogP contribution in [0.25, 0.3) is 16.9 Å². The van der Waals surface area contributed by atoms with Crippen LogP contribution in [0.2, 0.25) is 0 Å². The molecule has 0 aliphatic heterocycles. The molecule has 0 amide bonds. The second kappa shape index (κ2) is 6.64. The normalized spacial score (nSPS) is 20.1. The minimum atomic E-state index is 0.261. The Morgan fingerprint density at radius 2 is 2.12 bits per heavy atom. The Kier molecular flexibility index (Phi) is 4.19. The number of rotatable bonds is 5. The second-order valence-corrected chi connectivity index (χ2v) is 6.25. The highest BCUT2D eigenvalue weighted by Gasteiger charge is 2.22. The van der Waals surface area contributed by atoms with E-state index < -0.39 is 0 Å². The number of ether oxygens (including phenoxy) is 1. The molecule has 4 rings (SSSR count). The first-order valence-electron chi connectivity index (χ1n) is 8.56. The monoisotopic (exact) mass is 339 g/mol. The molecule has 0 saturated heterocycles. The van der Waals surface area contributed by atoms with E-state index in [4.69, 9.17) is 10.5 Å². The van der Waals surface area contributed by atoms with Gasteiger partial charge in [-0.1, -0.05) is 5.21 Å². The third-order valence-electron chi connectivity index (χ3n) is 4.39. The zero-order valence-electron chi connectivity index (χ0n) is 14.1. The number of nitrogens with zero attached hydrogens (tertiary/aromatic N) is 5. The van der Waals surface area contributed by atoms with E-state index in [0.717, 1.165) is 30.7 Å². The maximum atomic E-state index is 5.97. The Hall–Kier alpha value is -2.74. The molecule has 1 saturated carbocycles. The van der Waals surface area contributed by atoms with Crippen molar-refractivity contribution in [3.63, 3.8) is 0 Å². The molecule has 0 spiro atoms. The predicted molar refractivity (Wildman–Crippen MR) is 94.9 cm³/mol. The molecule has 1 aromatic carbocycles. The fraction of sp³-hybridized carbons (Fsp3) is 0.412. The van der Waals surface area contributed by atoms with E-state index in [0.29, 0.717) is 29.8 Å². The number of hydrogen-bond acceptors (Lipinski definition) is 7. The van der Waals surface area contributed by atoms with Gasteiger partial charge in [-0.25, -0.2) is 4.98 Å². The van der Waals surface area contributed by atoms with E-state index in [-0.39, 0.29) is 6.04 Å². The highest BCUT2D eigenvalue weighted by Crippen LogP contribution is 2.22. The number of aromatic nitrogens is 5. The lowest BCUT2D eigenvalue weighted by Gasteiger charge is -2.12. The fourth-order valence-electron chi connectivity index (χ4n) is 3.15. The van der Waals surface area contributed by atoms with Gasteiger partial charge in [0.2, 0.25) is 5.95 Å². The minimum absolute atomic E-state index is 0.261. The number of anilines is 1. The summed E-state index contributed by atoms with van der Waals surface area (Å²) in [5.74, 6) is 1.41. The molecule has 130 valence electrons. The van der Waals surface area contributed by atoms with E-state index >= 15 is 0 Å². The van der Waals surface area contributed by atoms with Crippen LogP contribution in [0.3, 0.4) is 0 Å². The zero-order chi connectivity index (χ0) is 17.2. The number of fused-ring (bicyclic) bond motifs is 1. The molecule has 25 heavy (non-hydrogen) atoms. The molecular formula is C17H21N7O. The van der Waals surface area contributed by atoms with E-state index in [9.17, 15) is 0 Å². The summed E-state index contributed by atoms with van der Waals surface area (Å²) in [7, 11) is 0. The molecule has 1 fully saturated rings. The Labute approximate surface area is 145 Å². The van der Waals surface area contributed by atoms with E-state index in [1.54, 1.807) is 10.9 Å². The van der Waals surface area contributed by atoms with Gasteiger partial charge in [0.05, 0.1) is 18.5 Å². The van der Waals surface area contributed by atoms with Gasteiger partial charge in [0.1, 0.15) is 5.75 Å². The van der Waals surface area contributed by atoms with Gasteiger partial charge in [0, 0.05) is 12.1 Å². The van der Waals surface area contributed by atoms with E-state index in [1.165, 1.54) is 0 Å². The quantitative estimate of drug-likeness (QED) is 0.731. The summed E-state index contributed by atoms with van der Waals surface area (Å²) >= 11 is 0. The summed E-state index contributed by atoms with van der Waals surface area (Å²) in [5.41, 5.74) is 8.17. The summed E-state index contributed by atoms with van der Waals surface area (Å²) in [4.78, 5) is 8.94. The van der Waals surface area contributed by atoms with Gasteiger partial charge in [-0.2, -0.15) is 9.67 Å². The van der Waals surface area contributed by atoms with Gasteiger partial charge in [-0.05, 0) is 50.5 Å². The number of benzene rings is 1. The van der Waals surface area contributed by atoms with Gasteiger partial charge in [0.25, 0.3) is 0 Å². The van der Waals surface area contributed by atoms with Gasteiger partial charge >= 0.3 is 0 Å². The lowest BCUT2D eigenvalue weighted by molar-refractivity contribution is 0.340. The van der Waals surface area contributed by atoms with Crippen LogP contribution in [-0.2, 0) is 0 Å². The van der Waals surface area contributed by atoms with Crippen molar-refractivity contribution < 1.29 is 4.74 Å². The molecule has 1 aliphatic rings. The lowest BCUT2D eigenvalue weighted by Crippen LogP contribution is -2.21. The molecule has 2 unspecified atom stereocenters. The van der Waals surface area contributed by atoms with Crippen molar-refractivity contribution in [3.8, 4) is 11.4 Å². The van der Waals surface area contributed by atoms with Crippen LogP contribution in [0, 0.1) is 0 Å². The summed E-state index contributed by atoms with van der Waals surface area (Å²) in [5, 5.41) is 11.7. The molecule has 2 aromatic heterocycles. The first kappa shape index (κ1) is 15.8. The standard InChI is InChI=1S/C17H21N7O/c1-2-25-14-7-5-13(6-8-14)24-16-15(22-23-24)10-19-17(21-16)20-12-4-3-11(18)9-12/h5-8,10-12H,2-4,9,18H2,1H3,(H,19,20,21). The smallest absolute Gasteiger partial charge is 0.225 e. The molecule has 8 nitrogen and oxygen atoms in total. The van der Waals surface area contributed by atoms with E-state index in [1.807, 2.05) is 31.2 Å². The van der Waals surface area contributed by atoms with Crippen molar-refractivity contribution in [1.29, 1.82) is 0 Å². The maximum Gasteiger partial charge on any atom is 0.225 e. The number of hydrogen-bond donors (Lipinski definition) is 2. The molecule has 0 radical (unpaired) electrons. The topological polar surface area (TPSA) is 104 Å². The summed E-state index contributed by atoms with van der Waals surface area (Å²) in [6.07, 6.45) is 4.71. The highest BCUT2D eigenvalue weighted by atomic mass is 16.5. The minimum Gasteiger partial charge on any atom is -0.494 e. The molecular weight excluding hydrogens is 318 g/mol.